The Morgan fingerprint density at radius 1 is 1.26 bits per heavy atom. The highest BCUT2D eigenvalue weighted by molar-refractivity contribution is 4.96. The molecule has 1 fully saturated rings. The van der Waals surface area contributed by atoms with Gasteiger partial charge in [-0.25, -0.2) is 4.98 Å². The fourth-order valence-electron chi connectivity index (χ4n) is 2.64. The SMILES string of the molecule is c1ncn(CCCc2nc(C3CCCCC3)no2)n1. The number of nitrogens with zero attached hydrogens (tertiary/aromatic N) is 5. The van der Waals surface area contributed by atoms with Crippen LogP contribution in [0, 0.1) is 0 Å². The van der Waals surface area contributed by atoms with Crippen LogP contribution in [0.15, 0.2) is 17.2 Å². The standard InChI is InChI=1S/C13H19N5O/c1-2-5-11(6-3-1)13-16-12(19-17-13)7-4-8-18-10-14-9-15-18/h9-11H,1-8H2. The molecule has 2 aromatic rings. The fraction of sp³-hybridized carbons (Fsp3) is 0.692. The molecule has 3 rings (SSSR count). The minimum atomic E-state index is 0.515. The van der Waals surface area contributed by atoms with Crippen LogP contribution in [0.25, 0.3) is 0 Å². The van der Waals surface area contributed by atoms with E-state index < -0.39 is 0 Å². The maximum absolute atomic E-state index is 5.33. The Balaban J connectivity index is 1.50. The van der Waals surface area contributed by atoms with Crippen molar-refractivity contribution in [1.82, 2.24) is 24.9 Å². The van der Waals surface area contributed by atoms with Crippen LogP contribution in [0.4, 0.5) is 0 Å². The summed E-state index contributed by atoms with van der Waals surface area (Å²) in [6.45, 7) is 0.834. The maximum Gasteiger partial charge on any atom is 0.226 e. The first kappa shape index (κ1) is 12.3. The maximum atomic E-state index is 5.33. The van der Waals surface area contributed by atoms with E-state index in [0.29, 0.717) is 5.92 Å². The van der Waals surface area contributed by atoms with Crippen LogP contribution in [-0.4, -0.2) is 24.9 Å². The molecular formula is C13H19N5O. The van der Waals surface area contributed by atoms with Gasteiger partial charge in [-0.2, -0.15) is 10.1 Å². The Hall–Kier alpha value is -1.72. The molecule has 102 valence electrons. The third-order valence-electron chi connectivity index (χ3n) is 3.70. The van der Waals surface area contributed by atoms with Crippen molar-refractivity contribution in [2.24, 2.45) is 0 Å². The summed E-state index contributed by atoms with van der Waals surface area (Å²) in [5.41, 5.74) is 0. The van der Waals surface area contributed by atoms with Crippen LogP contribution in [0.1, 0.15) is 56.2 Å². The first-order chi connectivity index (χ1) is 9.42. The van der Waals surface area contributed by atoms with E-state index in [1.807, 2.05) is 4.68 Å². The number of rotatable bonds is 5. The third-order valence-corrected chi connectivity index (χ3v) is 3.70. The van der Waals surface area contributed by atoms with E-state index in [0.717, 1.165) is 31.1 Å². The number of hydrogen-bond donors (Lipinski definition) is 0. The molecule has 0 unspecified atom stereocenters. The van der Waals surface area contributed by atoms with Crippen molar-refractivity contribution in [2.75, 3.05) is 0 Å². The highest BCUT2D eigenvalue weighted by Crippen LogP contribution is 2.30. The molecule has 2 heterocycles. The van der Waals surface area contributed by atoms with E-state index in [1.54, 1.807) is 12.7 Å². The van der Waals surface area contributed by atoms with Crippen LogP contribution in [0.2, 0.25) is 0 Å². The largest absolute Gasteiger partial charge is 0.339 e. The zero-order chi connectivity index (χ0) is 12.9. The molecule has 0 aliphatic heterocycles. The minimum absolute atomic E-state index is 0.515. The fourth-order valence-corrected chi connectivity index (χ4v) is 2.64. The highest BCUT2D eigenvalue weighted by Gasteiger charge is 2.20. The summed E-state index contributed by atoms with van der Waals surface area (Å²) >= 11 is 0. The second-order valence-corrected chi connectivity index (χ2v) is 5.14. The van der Waals surface area contributed by atoms with E-state index in [1.165, 1.54) is 32.1 Å². The van der Waals surface area contributed by atoms with Gasteiger partial charge < -0.3 is 4.52 Å². The van der Waals surface area contributed by atoms with Crippen molar-refractivity contribution in [2.45, 2.75) is 57.4 Å². The Morgan fingerprint density at radius 3 is 2.95 bits per heavy atom. The second kappa shape index (κ2) is 5.95. The predicted octanol–water partition coefficient (Wildman–Crippen LogP) is 2.34. The molecule has 0 saturated heterocycles. The van der Waals surface area contributed by atoms with Gasteiger partial charge in [-0.1, -0.05) is 24.4 Å². The molecule has 0 amide bonds. The number of hydrogen-bond acceptors (Lipinski definition) is 5. The molecule has 0 N–H and O–H groups in total. The summed E-state index contributed by atoms with van der Waals surface area (Å²) < 4.78 is 7.15. The molecule has 1 aliphatic carbocycles. The van der Waals surface area contributed by atoms with Gasteiger partial charge in [0, 0.05) is 18.9 Å². The average molecular weight is 261 g/mol. The van der Waals surface area contributed by atoms with E-state index in [4.69, 9.17) is 4.52 Å². The van der Waals surface area contributed by atoms with Crippen LogP contribution < -0.4 is 0 Å². The summed E-state index contributed by atoms with van der Waals surface area (Å²) in [5.74, 6) is 2.18. The highest BCUT2D eigenvalue weighted by atomic mass is 16.5. The Bertz CT molecular complexity index is 487. The predicted molar refractivity (Wildman–Crippen MR) is 68.5 cm³/mol. The molecule has 0 atom stereocenters. The monoisotopic (exact) mass is 261 g/mol. The van der Waals surface area contributed by atoms with Gasteiger partial charge in [0.1, 0.15) is 12.7 Å². The molecule has 0 spiro atoms. The normalized spacial score (nSPS) is 16.8. The van der Waals surface area contributed by atoms with Crippen molar-refractivity contribution in [1.29, 1.82) is 0 Å². The van der Waals surface area contributed by atoms with Crippen LogP contribution in [0.5, 0.6) is 0 Å². The molecule has 0 radical (unpaired) electrons. The first-order valence-corrected chi connectivity index (χ1v) is 7.07. The zero-order valence-electron chi connectivity index (χ0n) is 11.0. The van der Waals surface area contributed by atoms with Crippen molar-refractivity contribution < 1.29 is 4.52 Å². The molecular weight excluding hydrogens is 242 g/mol. The van der Waals surface area contributed by atoms with E-state index in [-0.39, 0.29) is 0 Å². The lowest BCUT2D eigenvalue weighted by Gasteiger charge is -2.17. The van der Waals surface area contributed by atoms with Gasteiger partial charge in [-0.15, -0.1) is 0 Å². The van der Waals surface area contributed by atoms with Gasteiger partial charge >= 0.3 is 0 Å². The number of aromatic nitrogens is 5. The summed E-state index contributed by atoms with van der Waals surface area (Å²) in [7, 11) is 0. The molecule has 0 bridgehead atoms. The lowest BCUT2D eigenvalue weighted by molar-refractivity contribution is 0.353. The second-order valence-electron chi connectivity index (χ2n) is 5.14. The summed E-state index contributed by atoms with van der Waals surface area (Å²) in [6, 6.07) is 0. The molecule has 6 heteroatoms. The van der Waals surface area contributed by atoms with Gasteiger partial charge in [0.2, 0.25) is 5.89 Å². The third kappa shape index (κ3) is 3.19. The average Bonchev–Trinajstić information content (AvgIpc) is 3.11. The molecule has 19 heavy (non-hydrogen) atoms. The van der Waals surface area contributed by atoms with Crippen molar-refractivity contribution in [3.8, 4) is 0 Å². The van der Waals surface area contributed by atoms with Gasteiger partial charge in [0.15, 0.2) is 5.82 Å². The number of aryl methyl sites for hydroxylation is 2. The Morgan fingerprint density at radius 2 is 2.16 bits per heavy atom. The van der Waals surface area contributed by atoms with Gasteiger partial charge in [0.25, 0.3) is 0 Å². The van der Waals surface area contributed by atoms with Crippen molar-refractivity contribution in [3.63, 3.8) is 0 Å². The lowest BCUT2D eigenvalue weighted by atomic mass is 9.89. The summed E-state index contributed by atoms with van der Waals surface area (Å²) in [5, 5.41) is 8.20. The van der Waals surface area contributed by atoms with Gasteiger partial charge in [0.05, 0.1) is 0 Å². The van der Waals surface area contributed by atoms with Crippen LogP contribution in [0.3, 0.4) is 0 Å². The summed E-state index contributed by atoms with van der Waals surface area (Å²) in [4.78, 5) is 8.44. The Labute approximate surface area is 112 Å². The minimum Gasteiger partial charge on any atom is -0.339 e. The van der Waals surface area contributed by atoms with Crippen LogP contribution >= 0.6 is 0 Å². The smallest absolute Gasteiger partial charge is 0.226 e. The Kier molecular flexibility index (Phi) is 3.86. The first-order valence-electron chi connectivity index (χ1n) is 7.07. The van der Waals surface area contributed by atoms with E-state index in [2.05, 4.69) is 20.2 Å². The molecule has 6 nitrogen and oxygen atoms in total. The zero-order valence-corrected chi connectivity index (χ0v) is 11.0. The van der Waals surface area contributed by atoms with E-state index >= 15 is 0 Å². The van der Waals surface area contributed by atoms with E-state index in [9.17, 15) is 0 Å². The quantitative estimate of drug-likeness (QED) is 0.826. The van der Waals surface area contributed by atoms with Gasteiger partial charge in [-0.05, 0) is 19.3 Å². The molecule has 0 aromatic carbocycles. The topological polar surface area (TPSA) is 69.6 Å². The summed E-state index contributed by atoms with van der Waals surface area (Å²) in [6.07, 6.45) is 11.4. The van der Waals surface area contributed by atoms with Gasteiger partial charge in [-0.3, -0.25) is 4.68 Å². The lowest BCUT2D eigenvalue weighted by Crippen LogP contribution is -2.06. The molecule has 2 aromatic heterocycles. The van der Waals surface area contributed by atoms with Crippen molar-refractivity contribution >= 4 is 0 Å². The molecule has 1 aliphatic rings. The van der Waals surface area contributed by atoms with Crippen molar-refractivity contribution in [3.05, 3.63) is 24.4 Å². The molecule has 1 saturated carbocycles. The van der Waals surface area contributed by atoms with Crippen LogP contribution in [-0.2, 0) is 13.0 Å².